The summed E-state index contributed by atoms with van der Waals surface area (Å²) in [5.41, 5.74) is 2.80. The van der Waals surface area contributed by atoms with Gasteiger partial charge in [0.15, 0.2) is 0 Å². The Labute approximate surface area is 122 Å². The van der Waals surface area contributed by atoms with Gasteiger partial charge in [0.05, 0.1) is 0 Å². The summed E-state index contributed by atoms with van der Waals surface area (Å²) in [5, 5.41) is 0. The monoisotopic (exact) mass is 264 g/mol. The number of hydrogen-bond donors (Lipinski definition) is 0. The fourth-order valence-electron chi connectivity index (χ4n) is 2.51. The predicted molar refractivity (Wildman–Crippen MR) is 89.6 cm³/mol. The lowest BCUT2D eigenvalue weighted by atomic mass is 9.91. The van der Waals surface area contributed by atoms with Crippen LogP contribution in [0, 0.1) is 5.92 Å². The molecule has 0 spiro atoms. The molecule has 19 heavy (non-hydrogen) atoms. The second kappa shape index (κ2) is 12.5. The summed E-state index contributed by atoms with van der Waals surface area (Å²) in [4.78, 5) is 0. The van der Waals surface area contributed by atoms with E-state index in [2.05, 4.69) is 33.9 Å². The van der Waals surface area contributed by atoms with Gasteiger partial charge in [-0.3, -0.25) is 0 Å². The average molecular weight is 264 g/mol. The zero-order chi connectivity index (χ0) is 14.5. The molecule has 0 fully saturated rings. The fourth-order valence-corrected chi connectivity index (χ4v) is 2.51. The summed E-state index contributed by atoms with van der Waals surface area (Å²) in [5.74, 6) is 0.869. The van der Waals surface area contributed by atoms with Crippen molar-refractivity contribution in [3.63, 3.8) is 0 Å². The molecule has 0 bridgehead atoms. The number of rotatable bonds is 13. The lowest BCUT2D eigenvalue weighted by molar-refractivity contribution is 0.433. The second-order valence-electron chi connectivity index (χ2n) is 6.22. The third kappa shape index (κ3) is 12.3. The molecule has 0 aromatic heterocycles. The van der Waals surface area contributed by atoms with E-state index < -0.39 is 0 Å². The summed E-state index contributed by atoms with van der Waals surface area (Å²) >= 11 is 0. The Bertz CT molecular complexity index is 236. The third-order valence-corrected chi connectivity index (χ3v) is 4.10. The van der Waals surface area contributed by atoms with E-state index >= 15 is 0 Å². The first-order chi connectivity index (χ1) is 9.10. The van der Waals surface area contributed by atoms with E-state index in [9.17, 15) is 0 Å². The van der Waals surface area contributed by atoms with Crippen molar-refractivity contribution in [2.45, 2.75) is 91.4 Å². The molecule has 0 aliphatic heterocycles. The van der Waals surface area contributed by atoms with Crippen LogP contribution in [0.25, 0.3) is 0 Å². The molecule has 0 aliphatic rings. The van der Waals surface area contributed by atoms with Crippen LogP contribution in [-0.4, -0.2) is 0 Å². The standard InChI is InChI=1S/C19H36/c1-6-8-9-10-11-12-18(5)14-16-19(7-2)15-13-17(3)4/h19H,3,5-16H2,1-2,4H3. The Balaban J connectivity index is 3.60. The first-order valence-electron chi connectivity index (χ1n) is 8.41. The van der Waals surface area contributed by atoms with Crippen LogP contribution in [0.15, 0.2) is 24.3 Å². The predicted octanol–water partition coefficient (Wildman–Crippen LogP) is 7.07. The molecule has 0 aromatic rings. The molecule has 0 rings (SSSR count). The molecule has 0 nitrogen and oxygen atoms in total. The van der Waals surface area contributed by atoms with Gasteiger partial charge in [0.2, 0.25) is 0 Å². The fraction of sp³-hybridized carbons (Fsp3) is 0.789. The molecule has 112 valence electrons. The Morgan fingerprint density at radius 2 is 1.47 bits per heavy atom. The summed E-state index contributed by atoms with van der Waals surface area (Å²) < 4.78 is 0. The topological polar surface area (TPSA) is 0 Å². The molecule has 0 radical (unpaired) electrons. The van der Waals surface area contributed by atoms with Crippen molar-refractivity contribution in [3.8, 4) is 0 Å². The van der Waals surface area contributed by atoms with Gasteiger partial charge in [-0.2, -0.15) is 0 Å². The Morgan fingerprint density at radius 1 is 0.842 bits per heavy atom. The first kappa shape index (κ1) is 18.5. The van der Waals surface area contributed by atoms with Crippen LogP contribution in [-0.2, 0) is 0 Å². The molecule has 0 heterocycles. The highest BCUT2D eigenvalue weighted by atomic mass is 14.1. The SMILES string of the molecule is C=C(C)CCC(CC)CCC(=C)CCCCCCC. The molecular formula is C19H36. The molecular weight excluding hydrogens is 228 g/mol. The van der Waals surface area contributed by atoms with Crippen molar-refractivity contribution in [1.82, 2.24) is 0 Å². The molecule has 0 aromatic carbocycles. The summed E-state index contributed by atoms with van der Waals surface area (Å²) in [7, 11) is 0. The highest BCUT2D eigenvalue weighted by Gasteiger charge is 2.07. The Hall–Kier alpha value is -0.520. The molecule has 0 aliphatic carbocycles. The lowest BCUT2D eigenvalue weighted by Crippen LogP contribution is -2.00. The van der Waals surface area contributed by atoms with Gasteiger partial charge in [-0.25, -0.2) is 0 Å². The van der Waals surface area contributed by atoms with Crippen molar-refractivity contribution in [1.29, 1.82) is 0 Å². The smallest absolute Gasteiger partial charge is 0.0320 e. The molecule has 1 unspecified atom stereocenters. The van der Waals surface area contributed by atoms with Gasteiger partial charge < -0.3 is 0 Å². The molecule has 0 amide bonds. The van der Waals surface area contributed by atoms with Gasteiger partial charge in [-0.15, -0.1) is 6.58 Å². The third-order valence-electron chi connectivity index (χ3n) is 4.10. The van der Waals surface area contributed by atoms with Crippen molar-refractivity contribution >= 4 is 0 Å². The van der Waals surface area contributed by atoms with E-state index in [1.165, 1.54) is 81.8 Å². The van der Waals surface area contributed by atoms with E-state index in [4.69, 9.17) is 0 Å². The highest BCUT2D eigenvalue weighted by molar-refractivity contribution is 4.94. The normalized spacial score (nSPS) is 12.4. The minimum absolute atomic E-state index is 0.869. The van der Waals surface area contributed by atoms with E-state index in [0.29, 0.717) is 0 Å². The lowest BCUT2D eigenvalue weighted by Gasteiger charge is -2.15. The summed E-state index contributed by atoms with van der Waals surface area (Å²) in [6.07, 6.45) is 14.5. The summed E-state index contributed by atoms with van der Waals surface area (Å²) in [6, 6.07) is 0. The maximum atomic E-state index is 4.26. The second-order valence-corrected chi connectivity index (χ2v) is 6.22. The minimum Gasteiger partial charge on any atom is -0.100 e. The van der Waals surface area contributed by atoms with Crippen molar-refractivity contribution < 1.29 is 0 Å². The van der Waals surface area contributed by atoms with Gasteiger partial charge in [0.1, 0.15) is 0 Å². The van der Waals surface area contributed by atoms with Crippen LogP contribution in [0.2, 0.25) is 0 Å². The zero-order valence-electron chi connectivity index (χ0n) is 13.8. The van der Waals surface area contributed by atoms with Crippen molar-refractivity contribution in [2.75, 3.05) is 0 Å². The number of unbranched alkanes of at least 4 members (excludes halogenated alkanes) is 4. The van der Waals surface area contributed by atoms with Crippen molar-refractivity contribution in [3.05, 3.63) is 24.3 Å². The number of hydrogen-bond acceptors (Lipinski definition) is 0. The van der Waals surface area contributed by atoms with Crippen LogP contribution in [0.5, 0.6) is 0 Å². The van der Waals surface area contributed by atoms with E-state index in [1.54, 1.807) is 0 Å². The van der Waals surface area contributed by atoms with Crippen LogP contribution in [0.1, 0.15) is 91.4 Å². The maximum absolute atomic E-state index is 4.26. The molecule has 0 saturated carbocycles. The van der Waals surface area contributed by atoms with Gasteiger partial charge in [-0.1, -0.05) is 63.7 Å². The van der Waals surface area contributed by atoms with Crippen LogP contribution < -0.4 is 0 Å². The van der Waals surface area contributed by atoms with Gasteiger partial charge in [0.25, 0.3) is 0 Å². The van der Waals surface area contributed by atoms with Crippen LogP contribution >= 0.6 is 0 Å². The maximum Gasteiger partial charge on any atom is -0.0320 e. The van der Waals surface area contributed by atoms with E-state index in [1.807, 2.05) is 0 Å². The van der Waals surface area contributed by atoms with Crippen molar-refractivity contribution in [2.24, 2.45) is 5.92 Å². The van der Waals surface area contributed by atoms with E-state index in [0.717, 1.165) is 5.92 Å². The van der Waals surface area contributed by atoms with Gasteiger partial charge in [-0.05, 0) is 51.4 Å². The van der Waals surface area contributed by atoms with Gasteiger partial charge >= 0.3 is 0 Å². The molecule has 0 saturated heterocycles. The summed E-state index contributed by atoms with van der Waals surface area (Å²) in [6.45, 7) is 15.0. The molecule has 0 N–H and O–H groups in total. The zero-order valence-corrected chi connectivity index (χ0v) is 13.8. The number of allylic oxidation sites excluding steroid dienone is 2. The first-order valence-corrected chi connectivity index (χ1v) is 8.41. The molecule has 0 heteroatoms. The molecule has 1 atom stereocenters. The van der Waals surface area contributed by atoms with Crippen LogP contribution in [0.4, 0.5) is 0 Å². The Morgan fingerprint density at radius 3 is 2.05 bits per heavy atom. The van der Waals surface area contributed by atoms with Gasteiger partial charge in [0, 0.05) is 0 Å². The van der Waals surface area contributed by atoms with Crippen LogP contribution in [0.3, 0.4) is 0 Å². The van der Waals surface area contributed by atoms with E-state index in [-0.39, 0.29) is 0 Å². The largest absolute Gasteiger partial charge is 0.100 e. The highest BCUT2D eigenvalue weighted by Crippen LogP contribution is 2.23. The Kier molecular flexibility index (Phi) is 12.2. The minimum atomic E-state index is 0.869. The average Bonchev–Trinajstić information content (AvgIpc) is 2.38. The quantitative estimate of drug-likeness (QED) is 0.246.